The van der Waals surface area contributed by atoms with Crippen LogP contribution in [0.5, 0.6) is 5.75 Å². The molecule has 1 aliphatic rings. The van der Waals surface area contributed by atoms with Gasteiger partial charge in [-0.05, 0) is 25.1 Å². The highest BCUT2D eigenvalue weighted by molar-refractivity contribution is 5.95. The molecule has 1 amide bonds. The van der Waals surface area contributed by atoms with Crippen molar-refractivity contribution >= 4 is 17.3 Å². The Kier molecular flexibility index (Phi) is 7.15. The number of nitro groups is 1. The van der Waals surface area contributed by atoms with Crippen LogP contribution in [-0.4, -0.2) is 56.2 Å². The Morgan fingerprint density at radius 1 is 1.10 bits per heavy atom. The van der Waals surface area contributed by atoms with Crippen LogP contribution in [0, 0.1) is 10.1 Å². The molecule has 154 valence electrons. The minimum Gasteiger partial charge on any atom is -0.488 e. The number of rotatable bonds is 8. The maximum atomic E-state index is 12.6. The first kappa shape index (κ1) is 20.8. The Bertz CT molecular complexity index is 822. The molecule has 2 aromatic rings. The lowest BCUT2D eigenvalue weighted by Crippen LogP contribution is -3.30. The van der Waals surface area contributed by atoms with Gasteiger partial charge >= 0.3 is 0 Å². The molecule has 3 rings (SSSR count). The van der Waals surface area contributed by atoms with E-state index in [1.54, 1.807) is 18.2 Å². The summed E-state index contributed by atoms with van der Waals surface area (Å²) >= 11 is 0. The van der Waals surface area contributed by atoms with Crippen LogP contribution in [0.15, 0.2) is 54.6 Å². The number of ether oxygens (including phenoxy) is 1. The molecule has 8 nitrogen and oxygen atoms in total. The van der Waals surface area contributed by atoms with Crippen molar-refractivity contribution in [2.45, 2.75) is 13.0 Å². The molecule has 0 unspecified atom stereocenters. The Balaban J connectivity index is 1.44. The second-order valence-corrected chi connectivity index (χ2v) is 7.30. The van der Waals surface area contributed by atoms with Gasteiger partial charge in [0, 0.05) is 6.07 Å². The summed E-state index contributed by atoms with van der Waals surface area (Å²) in [6.07, 6.45) is 0. The normalized spacial score (nSPS) is 19.9. The Labute approximate surface area is 170 Å². The number of para-hydroxylation sites is 3. The standard InChI is InChI=1S/C21H26N4O4/c1-17(21(26)22-19-9-5-6-10-20(19)25(27)28)24-13-11-23(12-14-24)15-16-29-18-7-3-2-4-8-18/h2-10,17H,11-16H2,1H3,(H,22,26)/p+2/t17-/m1/s1. The molecule has 1 aliphatic heterocycles. The lowest BCUT2D eigenvalue weighted by Gasteiger charge is -2.32. The minimum absolute atomic E-state index is 0.0873. The fourth-order valence-corrected chi connectivity index (χ4v) is 3.60. The van der Waals surface area contributed by atoms with E-state index in [4.69, 9.17) is 4.74 Å². The average Bonchev–Trinajstić information content (AvgIpc) is 2.74. The molecule has 1 saturated heterocycles. The molecule has 0 spiro atoms. The molecule has 0 aromatic heterocycles. The number of hydrogen-bond acceptors (Lipinski definition) is 4. The maximum absolute atomic E-state index is 12.6. The number of carbonyl (C=O) groups is 1. The Hall–Kier alpha value is -2.97. The first-order chi connectivity index (χ1) is 14.0. The zero-order chi connectivity index (χ0) is 20.6. The van der Waals surface area contributed by atoms with Crippen molar-refractivity contribution < 1.29 is 24.3 Å². The predicted octanol–water partition coefficient (Wildman–Crippen LogP) is -0.216. The maximum Gasteiger partial charge on any atom is 0.292 e. The van der Waals surface area contributed by atoms with Gasteiger partial charge in [-0.1, -0.05) is 30.3 Å². The molecule has 2 aromatic carbocycles. The molecule has 29 heavy (non-hydrogen) atoms. The number of benzene rings is 2. The summed E-state index contributed by atoms with van der Waals surface area (Å²) in [5.74, 6) is 0.696. The van der Waals surface area contributed by atoms with Crippen LogP contribution in [0.4, 0.5) is 11.4 Å². The third-order valence-corrected chi connectivity index (χ3v) is 5.43. The zero-order valence-electron chi connectivity index (χ0n) is 16.6. The van der Waals surface area contributed by atoms with Crippen LogP contribution < -0.4 is 19.9 Å². The number of piperazine rings is 1. The smallest absolute Gasteiger partial charge is 0.292 e. The number of nitrogens with one attached hydrogen (secondary N) is 3. The van der Waals surface area contributed by atoms with Gasteiger partial charge < -0.3 is 19.9 Å². The number of anilines is 1. The van der Waals surface area contributed by atoms with Crippen molar-refractivity contribution in [1.82, 2.24) is 0 Å². The molecule has 1 heterocycles. The van der Waals surface area contributed by atoms with E-state index < -0.39 is 4.92 Å². The minimum atomic E-state index is -0.479. The molecule has 1 atom stereocenters. The average molecular weight is 400 g/mol. The van der Waals surface area contributed by atoms with Crippen LogP contribution in [0.1, 0.15) is 6.92 Å². The van der Waals surface area contributed by atoms with Gasteiger partial charge in [-0.25, -0.2) is 0 Å². The lowest BCUT2D eigenvalue weighted by atomic mass is 10.2. The van der Waals surface area contributed by atoms with E-state index in [2.05, 4.69) is 5.32 Å². The van der Waals surface area contributed by atoms with Gasteiger partial charge in [0.25, 0.3) is 11.6 Å². The molecule has 3 N–H and O–H groups in total. The van der Waals surface area contributed by atoms with Gasteiger partial charge in [0.1, 0.15) is 50.8 Å². The second kappa shape index (κ2) is 9.99. The first-order valence-corrected chi connectivity index (χ1v) is 9.95. The molecule has 8 heteroatoms. The van der Waals surface area contributed by atoms with Crippen LogP contribution in [0.25, 0.3) is 0 Å². The van der Waals surface area contributed by atoms with Crippen LogP contribution in [0.3, 0.4) is 0 Å². The number of amides is 1. The molecule has 0 radical (unpaired) electrons. The summed E-state index contributed by atoms with van der Waals surface area (Å²) in [6.45, 7) is 7.18. The fourth-order valence-electron chi connectivity index (χ4n) is 3.60. The molecule has 0 saturated carbocycles. The summed E-state index contributed by atoms with van der Waals surface area (Å²) < 4.78 is 5.77. The Morgan fingerprint density at radius 3 is 2.45 bits per heavy atom. The number of nitrogens with zero attached hydrogens (tertiary/aromatic N) is 1. The monoisotopic (exact) mass is 400 g/mol. The van der Waals surface area contributed by atoms with Gasteiger partial charge in [-0.15, -0.1) is 0 Å². The molecular formula is C21H28N4O4+2. The first-order valence-electron chi connectivity index (χ1n) is 9.95. The third kappa shape index (κ3) is 5.75. The summed E-state index contributed by atoms with van der Waals surface area (Å²) in [5.41, 5.74) is 0.159. The molecule has 0 aliphatic carbocycles. The van der Waals surface area contributed by atoms with E-state index in [0.29, 0.717) is 6.61 Å². The van der Waals surface area contributed by atoms with Crippen molar-refractivity contribution in [3.8, 4) is 5.75 Å². The number of hydrogen-bond donors (Lipinski definition) is 3. The van der Waals surface area contributed by atoms with E-state index in [9.17, 15) is 14.9 Å². The van der Waals surface area contributed by atoms with Gasteiger partial charge in [0.15, 0.2) is 6.04 Å². The van der Waals surface area contributed by atoms with Crippen molar-refractivity contribution in [3.05, 3.63) is 64.7 Å². The molecular weight excluding hydrogens is 372 g/mol. The highest BCUT2D eigenvalue weighted by Crippen LogP contribution is 2.23. The van der Waals surface area contributed by atoms with Crippen molar-refractivity contribution in [3.63, 3.8) is 0 Å². The van der Waals surface area contributed by atoms with E-state index in [1.165, 1.54) is 15.9 Å². The fraction of sp³-hybridized carbons (Fsp3) is 0.381. The molecule has 0 bridgehead atoms. The van der Waals surface area contributed by atoms with E-state index >= 15 is 0 Å². The van der Waals surface area contributed by atoms with Crippen LogP contribution in [-0.2, 0) is 4.79 Å². The van der Waals surface area contributed by atoms with Crippen molar-refractivity contribution in [2.75, 3.05) is 44.6 Å². The van der Waals surface area contributed by atoms with Gasteiger partial charge in [0.2, 0.25) is 0 Å². The van der Waals surface area contributed by atoms with Gasteiger partial charge in [-0.2, -0.15) is 0 Å². The van der Waals surface area contributed by atoms with Gasteiger partial charge in [-0.3, -0.25) is 14.9 Å². The van der Waals surface area contributed by atoms with Crippen molar-refractivity contribution in [2.24, 2.45) is 0 Å². The SMILES string of the molecule is C[C@H](C(=O)Nc1ccccc1[N+](=O)[O-])[NH+]1CC[NH+](CCOc2ccccc2)CC1. The van der Waals surface area contributed by atoms with Crippen LogP contribution in [0.2, 0.25) is 0 Å². The number of nitro benzene ring substituents is 1. The lowest BCUT2D eigenvalue weighted by molar-refractivity contribution is -1.02. The third-order valence-electron chi connectivity index (χ3n) is 5.43. The summed E-state index contributed by atoms with van der Waals surface area (Å²) in [5, 5.41) is 13.8. The number of quaternary nitrogens is 2. The summed E-state index contributed by atoms with van der Waals surface area (Å²) in [4.78, 5) is 25.9. The predicted molar refractivity (Wildman–Crippen MR) is 109 cm³/mol. The number of carbonyl (C=O) groups excluding carboxylic acids is 1. The highest BCUT2D eigenvalue weighted by Gasteiger charge is 2.31. The zero-order valence-corrected chi connectivity index (χ0v) is 16.6. The van der Waals surface area contributed by atoms with E-state index in [-0.39, 0.29) is 23.3 Å². The van der Waals surface area contributed by atoms with Gasteiger partial charge in [0.05, 0.1) is 4.92 Å². The Morgan fingerprint density at radius 2 is 1.76 bits per heavy atom. The summed E-state index contributed by atoms with van der Waals surface area (Å²) in [6, 6.07) is 15.8. The van der Waals surface area contributed by atoms with Crippen LogP contribution >= 0.6 is 0 Å². The topological polar surface area (TPSA) is 90.3 Å². The summed E-state index contributed by atoms with van der Waals surface area (Å²) in [7, 11) is 0. The van der Waals surface area contributed by atoms with Crippen molar-refractivity contribution in [1.29, 1.82) is 0 Å². The largest absolute Gasteiger partial charge is 0.488 e. The quantitative estimate of drug-likeness (QED) is 0.422. The molecule has 1 fully saturated rings. The van der Waals surface area contributed by atoms with E-state index in [0.717, 1.165) is 38.5 Å². The van der Waals surface area contributed by atoms with E-state index in [1.807, 2.05) is 37.3 Å². The second-order valence-electron chi connectivity index (χ2n) is 7.30. The highest BCUT2D eigenvalue weighted by atomic mass is 16.6.